The molecule has 1 aromatic rings. The third-order valence-corrected chi connectivity index (χ3v) is 11.1. The number of nitrogens with zero attached hydrogens (tertiary/aromatic N) is 5. The number of piperidine rings is 2. The lowest BCUT2D eigenvalue weighted by molar-refractivity contribution is -0.0619. The maximum atomic E-state index is 13.5. The van der Waals surface area contributed by atoms with E-state index in [1.54, 1.807) is 7.05 Å². The van der Waals surface area contributed by atoms with E-state index in [0.717, 1.165) is 70.0 Å². The molecule has 5 rings (SSSR count). The molecule has 3 atom stereocenters. The SMILES string of the molecule is CC1=CC=CC([C@@H]2CCC[C@H](CNc3ncnc(C(=O)N4CCC(N5CCC(N(C)S(C)(=O)=O)CC5)CC4)c3C)O2)C1. The summed E-state index contributed by atoms with van der Waals surface area (Å²) >= 11 is 0. The highest BCUT2D eigenvalue weighted by Gasteiger charge is 2.34. The number of carbonyl (C=O) groups is 1. The Balaban J connectivity index is 1.10. The molecule has 3 saturated heterocycles. The van der Waals surface area contributed by atoms with E-state index in [-0.39, 0.29) is 24.2 Å². The van der Waals surface area contributed by atoms with E-state index in [1.165, 1.54) is 22.5 Å². The number of likely N-dealkylation sites (tertiary alicyclic amines) is 2. The number of sulfonamides is 1. The molecule has 0 aromatic carbocycles. The summed E-state index contributed by atoms with van der Waals surface area (Å²) in [4.78, 5) is 26.8. The second-order valence-corrected chi connectivity index (χ2v) is 14.7. The molecule has 1 N–H and O–H groups in total. The molecule has 0 radical (unpaired) electrons. The van der Waals surface area contributed by atoms with Crippen LogP contribution in [0.3, 0.4) is 0 Å². The van der Waals surface area contributed by atoms with E-state index < -0.39 is 10.0 Å². The van der Waals surface area contributed by atoms with Crippen molar-refractivity contribution in [2.24, 2.45) is 5.92 Å². The Labute approximate surface area is 251 Å². The van der Waals surface area contributed by atoms with Gasteiger partial charge in [0.1, 0.15) is 17.8 Å². The van der Waals surface area contributed by atoms with Crippen molar-refractivity contribution < 1.29 is 17.9 Å². The standard InChI is InChI=1S/C31H48N6O4S/c1-22-7-5-8-24(19-22)28-10-6-9-27(41-28)20-32-30-23(2)29(33-21-34-30)31(38)37-17-13-26(14-18-37)36-15-11-25(12-16-36)35(3)42(4,39)40/h5,7-8,21,24-28H,6,9-20H2,1-4H3,(H,32,33,34)/t24?,27-,28+/m1/s1. The van der Waals surface area contributed by atoms with Crippen LogP contribution in [0, 0.1) is 12.8 Å². The van der Waals surface area contributed by atoms with Crippen LogP contribution in [-0.2, 0) is 14.8 Å². The summed E-state index contributed by atoms with van der Waals surface area (Å²) in [7, 11) is -1.48. The lowest BCUT2D eigenvalue weighted by Crippen LogP contribution is -2.52. The van der Waals surface area contributed by atoms with Crippen LogP contribution in [0.25, 0.3) is 0 Å². The summed E-state index contributed by atoms with van der Waals surface area (Å²) in [6.45, 7) is 7.94. The topological polar surface area (TPSA) is 108 Å². The van der Waals surface area contributed by atoms with E-state index >= 15 is 0 Å². The highest BCUT2D eigenvalue weighted by Crippen LogP contribution is 2.31. The van der Waals surface area contributed by atoms with Crippen LogP contribution < -0.4 is 5.32 Å². The highest BCUT2D eigenvalue weighted by molar-refractivity contribution is 7.88. The molecule has 10 nitrogen and oxygen atoms in total. The number of carbonyl (C=O) groups excluding carboxylic acids is 1. The number of allylic oxidation sites excluding steroid dienone is 3. The Hall–Kier alpha value is -2.34. The number of aromatic nitrogens is 2. The van der Waals surface area contributed by atoms with E-state index in [1.807, 2.05) is 11.8 Å². The first-order valence-electron chi connectivity index (χ1n) is 15.6. The zero-order chi connectivity index (χ0) is 29.9. The van der Waals surface area contributed by atoms with Gasteiger partial charge in [0, 0.05) is 50.2 Å². The third-order valence-electron chi connectivity index (χ3n) is 9.74. The summed E-state index contributed by atoms with van der Waals surface area (Å²) in [6, 6.07) is 0.494. The Bertz CT molecular complexity index is 1270. The van der Waals surface area contributed by atoms with Gasteiger partial charge in [-0.25, -0.2) is 22.7 Å². The van der Waals surface area contributed by atoms with E-state index in [4.69, 9.17) is 4.74 Å². The monoisotopic (exact) mass is 600 g/mol. The van der Waals surface area contributed by atoms with Crippen LogP contribution in [0.4, 0.5) is 5.82 Å². The fraction of sp³-hybridized carbons (Fsp3) is 0.710. The Morgan fingerprint density at radius 1 is 1.07 bits per heavy atom. The number of rotatable bonds is 8. The molecule has 42 heavy (non-hydrogen) atoms. The van der Waals surface area contributed by atoms with Gasteiger partial charge in [-0.1, -0.05) is 23.8 Å². The number of anilines is 1. The largest absolute Gasteiger partial charge is 0.373 e. The minimum Gasteiger partial charge on any atom is -0.373 e. The van der Waals surface area contributed by atoms with Crippen molar-refractivity contribution in [2.75, 3.05) is 51.3 Å². The molecule has 0 saturated carbocycles. The summed E-state index contributed by atoms with van der Waals surface area (Å²) in [6.07, 6.45) is 17.6. The quantitative estimate of drug-likeness (QED) is 0.482. The zero-order valence-electron chi connectivity index (χ0n) is 25.7. The van der Waals surface area contributed by atoms with Crippen molar-refractivity contribution in [3.8, 4) is 0 Å². The molecule has 1 unspecified atom stereocenters. The van der Waals surface area contributed by atoms with Crippen LogP contribution >= 0.6 is 0 Å². The van der Waals surface area contributed by atoms with Gasteiger partial charge in [0.15, 0.2) is 0 Å². The van der Waals surface area contributed by atoms with Gasteiger partial charge in [0.05, 0.1) is 18.5 Å². The smallest absolute Gasteiger partial charge is 0.272 e. The first-order chi connectivity index (χ1) is 20.1. The molecule has 1 aliphatic carbocycles. The Morgan fingerprint density at radius 3 is 2.50 bits per heavy atom. The van der Waals surface area contributed by atoms with Crippen molar-refractivity contribution in [1.29, 1.82) is 0 Å². The van der Waals surface area contributed by atoms with Crippen LogP contribution in [0.5, 0.6) is 0 Å². The van der Waals surface area contributed by atoms with Gasteiger partial charge in [0.25, 0.3) is 5.91 Å². The molecule has 1 aromatic heterocycles. The fourth-order valence-electron chi connectivity index (χ4n) is 7.04. The van der Waals surface area contributed by atoms with Gasteiger partial charge < -0.3 is 19.9 Å². The van der Waals surface area contributed by atoms with Crippen molar-refractivity contribution in [3.05, 3.63) is 41.4 Å². The molecule has 3 aliphatic heterocycles. The highest BCUT2D eigenvalue weighted by atomic mass is 32.2. The van der Waals surface area contributed by atoms with Gasteiger partial charge in [-0.3, -0.25) is 4.79 Å². The van der Waals surface area contributed by atoms with Crippen LogP contribution in [0.2, 0.25) is 0 Å². The van der Waals surface area contributed by atoms with Crippen LogP contribution in [0.1, 0.15) is 74.3 Å². The van der Waals surface area contributed by atoms with Gasteiger partial charge >= 0.3 is 0 Å². The van der Waals surface area contributed by atoms with E-state index in [9.17, 15) is 13.2 Å². The maximum Gasteiger partial charge on any atom is 0.272 e. The fourth-order valence-corrected chi connectivity index (χ4v) is 7.80. The minimum absolute atomic E-state index is 0.0358. The summed E-state index contributed by atoms with van der Waals surface area (Å²) in [5.74, 6) is 1.11. The third kappa shape index (κ3) is 7.41. The van der Waals surface area contributed by atoms with Gasteiger partial charge in [-0.15, -0.1) is 0 Å². The molecular weight excluding hydrogens is 552 g/mol. The number of hydrogen-bond acceptors (Lipinski definition) is 8. The molecule has 3 fully saturated rings. The zero-order valence-corrected chi connectivity index (χ0v) is 26.5. The van der Waals surface area contributed by atoms with E-state index in [0.29, 0.717) is 43.1 Å². The molecule has 4 aliphatic rings. The van der Waals surface area contributed by atoms with Gasteiger partial charge in [-0.2, -0.15) is 0 Å². The normalized spacial score (nSPS) is 26.8. The predicted octanol–water partition coefficient (Wildman–Crippen LogP) is 3.62. The molecule has 1 amide bonds. The van der Waals surface area contributed by atoms with Crippen molar-refractivity contribution >= 4 is 21.7 Å². The van der Waals surface area contributed by atoms with Crippen molar-refractivity contribution in [1.82, 2.24) is 24.1 Å². The first kappa shape index (κ1) is 31.1. The van der Waals surface area contributed by atoms with Gasteiger partial charge in [0.2, 0.25) is 10.0 Å². The summed E-state index contributed by atoms with van der Waals surface area (Å²) < 4.78 is 31.9. The van der Waals surface area contributed by atoms with Crippen LogP contribution in [-0.4, -0.2) is 109 Å². The maximum absolute atomic E-state index is 13.5. The molecule has 11 heteroatoms. The van der Waals surface area contributed by atoms with Crippen molar-refractivity contribution in [3.63, 3.8) is 0 Å². The Kier molecular flexibility index (Phi) is 10.0. The predicted molar refractivity (Wildman–Crippen MR) is 165 cm³/mol. The minimum atomic E-state index is -3.17. The van der Waals surface area contributed by atoms with Gasteiger partial charge in [-0.05, 0) is 78.3 Å². The van der Waals surface area contributed by atoms with Crippen LogP contribution in [0.15, 0.2) is 30.1 Å². The first-order valence-corrected chi connectivity index (χ1v) is 17.5. The second kappa shape index (κ2) is 13.5. The average Bonchev–Trinajstić information content (AvgIpc) is 3.00. The lowest BCUT2D eigenvalue weighted by atomic mass is 9.86. The van der Waals surface area contributed by atoms with E-state index in [2.05, 4.69) is 45.3 Å². The summed E-state index contributed by atoms with van der Waals surface area (Å²) in [5, 5.41) is 3.46. The number of ether oxygens (including phenoxy) is 1. The second-order valence-electron chi connectivity index (χ2n) is 12.6. The number of hydrogen-bond donors (Lipinski definition) is 1. The Morgan fingerprint density at radius 2 is 1.81 bits per heavy atom. The average molecular weight is 601 g/mol. The number of amides is 1. The molecule has 0 bridgehead atoms. The summed E-state index contributed by atoms with van der Waals surface area (Å²) in [5.41, 5.74) is 2.65. The molecule has 232 valence electrons. The molecule has 4 heterocycles. The lowest BCUT2D eigenvalue weighted by Gasteiger charge is -2.43. The molecule has 0 spiro atoms. The molecular formula is C31H48N6O4S. The van der Waals surface area contributed by atoms with Crippen molar-refractivity contribution in [2.45, 2.75) is 89.5 Å². The number of nitrogens with one attached hydrogen (secondary N) is 1.